The molecular formula is C24H21N5O4S. The van der Waals surface area contributed by atoms with E-state index in [0.717, 1.165) is 23.2 Å². The molecule has 4 heterocycles. The molecule has 6 rings (SSSR count). The molecule has 0 bridgehead atoms. The first-order chi connectivity index (χ1) is 16.6. The van der Waals surface area contributed by atoms with Crippen molar-refractivity contribution in [1.82, 2.24) is 20.2 Å². The largest absolute Gasteiger partial charge is 0.461 e. The Hall–Kier alpha value is -3.79. The number of anilines is 1. The highest BCUT2D eigenvalue weighted by molar-refractivity contribution is 7.99. The Morgan fingerprint density at radius 3 is 2.97 bits per heavy atom. The predicted octanol–water partition coefficient (Wildman–Crippen LogP) is 4.77. The third-order valence-corrected chi connectivity index (χ3v) is 6.83. The van der Waals surface area contributed by atoms with Gasteiger partial charge in [0.2, 0.25) is 0 Å². The normalized spacial score (nSPS) is 17.4. The number of rotatable bonds is 5. The van der Waals surface area contributed by atoms with Gasteiger partial charge in [-0.1, -0.05) is 12.1 Å². The second-order valence-electron chi connectivity index (χ2n) is 8.13. The summed E-state index contributed by atoms with van der Waals surface area (Å²) >= 11 is 1.38. The van der Waals surface area contributed by atoms with Crippen molar-refractivity contribution in [3.8, 4) is 0 Å². The van der Waals surface area contributed by atoms with Crippen LogP contribution in [-0.2, 0) is 9.53 Å². The van der Waals surface area contributed by atoms with E-state index in [2.05, 4.69) is 25.5 Å². The van der Waals surface area contributed by atoms with Crippen molar-refractivity contribution >= 4 is 40.2 Å². The third-order valence-electron chi connectivity index (χ3n) is 6.02. The average molecular weight is 476 g/mol. The van der Waals surface area contributed by atoms with E-state index in [-0.39, 0.29) is 18.1 Å². The van der Waals surface area contributed by atoms with E-state index < -0.39 is 11.9 Å². The van der Waals surface area contributed by atoms with Crippen LogP contribution in [0.4, 0.5) is 5.69 Å². The number of nitrogens with zero attached hydrogens (tertiary/aromatic N) is 2. The van der Waals surface area contributed by atoms with Crippen molar-refractivity contribution in [3.05, 3.63) is 64.8 Å². The zero-order chi connectivity index (χ0) is 23.2. The van der Waals surface area contributed by atoms with Crippen LogP contribution < -0.4 is 5.32 Å². The average Bonchev–Trinajstić information content (AvgIpc) is 3.56. The van der Waals surface area contributed by atoms with Crippen LogP contribution in [0.3, 0.4) is 0 Å². The fraction of sp³-hybridized carbons (Fsp3) is 0.250. The number of nitrogens with one attached hydrogen (secondary N) is 3. The number of Topliss-reactive ketones (excluding diaryl/α,β-unsaturated/α-hetero) is 1. The number of fused-ring (bicyclic) bond motifs is 2. The molecule has 1 unspecified atom stereocenters. The van der Waals surface area contributed by atoms with Crippen LogP contribution in [-0.4, -0.2) is 38.5 Å². The summed E-state index contributed by atoms with van der Waals surface area (Å²) in [4.78, 5) is 33.3. The SMILES string of the molecule is CCOC(=O)c1n[nH]c2c1NC1=C(C(=O)CCC1)C2c1ccc(Sc2nc3ccccc3[nH]2)o1. The minimum absolute atomic E-state index is 0.0690. The summed E-state index contributed by atoms with van der Waals surface area (Å²) in [5.74, 6) is -0.333. The molecule has 34 heavy (non-hydrogen) atoms. The molecule has 2 aliphatic rings. The van der Waals surface area contributed by atoms with Gasteiger partial charge in [-0.2, -0.15) is 5.10 Å². The smallest absolute Gasteiger partial charge is 0.361 e. The van der Waals surface area contributed by atoms with Crippen LogP contribution in [0, 0.1) is 0 Å². The lowest BCUT2D eigenvalue weighted by Gasteiger charge is -2.30. The van der Waals surface area contributed by atoms with Gasteiger partial charge in [0.05, 0.1) is 34.9 Å². The second kappa shape index (κ2) is 8.21. The summed E-state index contributed by atoms with van der Waals surface area (Å²) in [5.41, 5.74) is 4.63. The number of H-pyrrole nitrogens is 2. The van der Waals surface area contributed by atoms with E-state index >= 15 is 0 Å². The van der Waals surface area contributed by atoms with Gasteiger partial charge in [0.1, 0.15) is 5.76 Å². The molecule has 0 spiro atoms. The maximum absolute atomic E-state index is 13.0. The van der Waals surface area contributed by atoms with Crippen LogP contribution in [0.15, 0.2) is 62.3 Å². The third kappa shape index (κ3) is 3.41. The number of aromatic nitrogens is 4. The van der Waals surface area contributed by atoms with Gasteiger partial charge in [-0.15, -0.1) is 0 Å². The zero-order valence-electron chi connectivity index (χ0n) is 18.3. The van der Waals surface area contributed by atoms with E-state index in [1.807, 2.05) is 36.4 Å². The summed E-state index contributed by atoms with van der Waals surface area (Å²) in [6.07, 6.45) is 1.95. The molecule has 0 fully saturated rings. The molecule has 0 saturated carbocycles. The molecular weight excluding hydrogens is 454 g/mol. The number of allylic oxidation sites excluding steroid dienone is 2. The maximum Gasteiger partial charge on any atom is 0.361 e. The number of hydrogen-bond acceptors (Lipinski definition) is 8. The van der Waals surface area contributed by atoms with E-state index in [4.69, 9.17) is 9.15 Å². The number of hydrogen-bond donors (Lipinski definition) is 3. The van der Waals surface area contributed by atoms with Crippen molar-refractivity contribution in [3.63, 3.8) is 0 Å². The Morgan fingerprint density at radius 2 is 2.12 bits per heavy atom. The number of benzene rings is 1. The molecule has 1 aromatic carbocycles. The van der Waals surface area contributed by atoms with Crippen LogP contribution in [0.25, 0.3) is 11.0 Å². The van der Waals surface area contributed by atoms with Crippen molar-refractivity contribution in [2.45, 2.75) is 42.4 Å². The second-order valence-corrected chi connectivity index (χ2v) is 9.12. The number of carbonyl (C=O) groups excluding carboxylic acids is 2. The summed E-state index contributed by atoms with van der Waals surface area (Å²) in [6, 6.07) is 11.5. The number of ketones is 1. The first-order valence-electron chi connectivity index (χ1n) is 11.1. The molecule has 3 N–H and O–H groups in total. The Morgan fingerprint density at radius 1 is 1.24 bits per heavy atom. The number of carbonyl (C=O) groups is 2. The predicted molar refractivity (Wildman–Crippen MR) is 125 cm³/mol. The van der Waals surface area contributed by atoms with Gasteiger partial charge in [0.15, 0.2) is 21.7 Å². The Bertz CT molecular complexity index is 1430. The van der Waals surface area contributed by atoms with Crippen molar-refractivity contribution < 1.29 is 18.7 Å². The van der Waals surface area contributed by atoms with Crippen molar-refractivity contribution in [1.29, 1.82) is 0 Å². The molecule has 0 amide bonds. The van der Waals surface area contributed by atoms with Gasteiger partial charge >= 0.3 is 5.97 Å². The highest BCUT2D eigenvalue weighted by atomic mass is 32.2. The summed E-state index contributed by atoms with van der Waals surface area (Å²) in [6.45, 7) is 1.99. The highest BCUT2D eigenvalue weighted by Crippen LogP contribution is 2.46. The molecule has 0 radical (unpaired) electrons. The lowest BCUT2D eigenvalue weighted by Crippen LogP contribution is -2.27. The molecule has 0 saturated heterocycles. The summed E-state index contributed by atoms with van der Waals surface area (Å²) < 4.78 is 11.4. The van der Waals surface area contributed by atoms with E-state index in [0.29, 0.717) is 45.8 Å². The van der Waals surface area contributed by atoms with Crippen LogP contribution in [0.2, 0.25) is 0 Å². The lowest BCUT2D eigenvalue weighted by atomic mass is 9.80. The highest BCUT2D eigenvalue weighted by Gasteiger charge is 2.40. The Labute approximate surface area is 198 Å². The van der Waals surface area contributed by atoms with Crippen LogP contribution in [0.5, 0.6) is 0 Å². The van der Waals surface area contributed by atoms with Gasteiger partial charge in [-0.05, 0) is 55.8 Å². The Kier molecular flexibility index (Phi) is 5.02. The van der Waals surface area contributed by atoms with Gasteiger partial charge in [-0.25, -0.2) is 9.78 Å². The van der Waals surface area contributed by atoms with Gasteiger partial charge < -0.3 is 19.5 Å². The fourth-order valence-electron chi connectivity index (χ4n) is 4.56. The molecule has 10 heteroatoms. The molecule has 4 aromatic rings. The number of ether oxygens (including phenoxy) is 1. The van der Waals surface area contributed by atoms with Crippen molar-refractivity contribution in [2.24, 2.45) is 0 Å². The van der Waals surface area contributed by atoms with E-state index in [1.54, 1.807) is 6.92 Å². The number of aromatic amines is 2. The first kappa shape index (κ1) is 20.8. The number of imidazole rings is 1. The minimum Gasteiger partial charge on any atom is -0.461 e. The number of esters is 1. The zero-order valence-corrected chi connectivity index (χ0v) is 19.1. The fourth-order valence-corrected chi connectivity index (χ4v) is 5.33. The molecule has 1 atom stereocenters. The molecule has 9 nitrogen and oxygen atoms in total. The standard InChI is InChI=1S/C24H21N5O4S/c1-2-32-23(31)22-21-20(28-29-22)19(18-14(25-21)8-5-9-15(18)30)16-10-11-17(33-16)34-24-26-12-6-3-4-7-13(12)27-24/h3-4,6-7,10-11,19,25H,2,5,8-9H2,1H3,(H,26,27)(H,28,29). The van der Waals surface area contributed by atoms with Crippen LogP contribution in [0.1, 0.15) is 54.0 Å². The van der Waals surface area contributed by atoms with E-state index in [9.17, 15) is 9.59 Å². The van der Waals surface area contributed by atoms with Gasteiger partial charge in [-0.3, -0.25) is 9.89 Å². The van der Waals surface area contributed by atoms with Crippen LogP contribution >= 0.6 is 11.8 Å². The lowest BCUT2D eigenvalue weighted by molar-refractivity contribution is -0.116. The molecule has 1 aliphatic heterocycles. The Balaban J connectivity index is 1.38. The summed E-state index contributed by atoms with van der Waals surface area (Å²) in [5, 5.41) is 11.8. The van der Waals surface area contributed by atoms with Gasteiger partial charge in [0.25, 0.3) is 0 Å². The maximum atomic E-state index is 13.0. The monoisotopic (exact) mass is 475 g/mol. The van der Waals surface area contributed by atoms with E-state index in [1.165, 1.54) is 11.8 Å². The van der Waals surface area contributed by atoms with Crippen molar-refractivity contribution in [2.75, 3.05) is 11.9 Å². The van der Waals surface area contributed by atoms with Gasteiger partial charge in [0, 0.05) is 17.7 Å². The molecule has 172 valence electrons. The number of furan rings is 1. The quantitative estimate of drug-likeness (QED) is 0.352. The molecule has 1 aliphatic carbocycles. The summed E-state index contributed by atoms with van der Waals surface area (Å²) in [7, 11) is 0. The first-order valence-corrected chi connectivity index (χ1v) is 11.9. The number of para-hydroxylation sites is 2. The topological polar surface area (TPSA) is 126 Å². The minimum atomic E-state index is -0.516. The molecule has 3 aromatic heterocycles.